The molecule has 0 unspecified atom stereocenters. The van der Waals surface area contributed by atoms with Crippen LogP contribution in [-0.2, 0) is 9.59 Å². The van der Waals surface area contributed by atoms with Gasteiger partial charge < -0.3 is 10.1 Å². The molecule has 0 aromatic heterocycles. The van der Waals surface area contributed by atoms with Crippen LogP contribution < -0.4 is 15.0 Å². The van der Waals surface area contributed by atoms with E-state index in [1.54, 1.807) is 42.3 Å². The predicted octanol–water partition coefficient (Wildman–Crippen LogP) is 3.96. The molecule has 3 rings (SSSR count). The summed E-state index contributed by atoms with van der Waals surface area (Å²) >= 11 is 6.02. The number of para-hydroxylation sites is 3. The van der Waals surface area contributed by atoms with E-state index in [0.29, 0.717) is 15.7 Å². The first-order chi connectivity index (χ1) is 14.7. The number of amides is 2. The van der Waals surface area contributed by atoms with E-state index >= 15 is 0 Å². The topological polar surface area (TPSA) is 61.9 Å². The van der Waals surface area contributed by atoms with Crippen LogP contribution in [0.15, 0.2) is 48.5 Å². The Labute approximate surface area is 182 Å². The molecule has 0 spiro atoms. The van der Waals surface area contributed by atoms with Gasteiger partial charge in [0, 0.05) is 6.54 Å². The number of carbonyl (C=O) groups is 2. The second kappa shape index (κ2) is 9.57. The Morgan fingerprint density at radius 3 is 2.61 bits per heavy atom. The number of alkyl halides is 3. The van der Waals surface area contributed by atoms with E-state index < -0.39 is 30.5 Å². The number of likely N-dealkylation sites (N-methyl/N-ethyl adjacent to an activating group) is 1. The van der Waals surface area contributed by atoms with E-state index in [2.05, 4.69) is 5.32 Å². The van der Waals surface area contributed by atoms with Gasteiger partial charge in [-0.3, -0.25) is 19.4 Å². The third kappa shape index (κ3) is 5.68. The van der Waals surface area contributed by atoms with Crippen molar-refractivity contribution in [3.8, 4) is 5.75 Å². The summed E-state index contributed by atoms with van der Waals surface area (Å²) in [7, 11) is 1.60. The number of nitrogens with one attached hydrogen (secondary N) is 1. The lowest BCUT2D eigenvalue weighted by Crippen LogP contribution is -2.52. The first kappa shape index (κ1) is 22.9. The molecule has 6 nitrogen and oxygen atoms in total. The van der Waals surface area contributed by atoms with Gasteiger partial charge in [-0.1, -0.05) is 35.9 Å². The fraction of sp³-hybridized carbons (Fsp3) is 0.333. The normalized spacial score (nSPS) is 16.5. The Balaban J connectivity index is 1.72. The van der Waals surface area contributed by atoms with Crippen molar-refractivity contribution in [3.63, 3.8) is 0 Å². The first-order valence-electron chi connectivity index (χ1n) is 9.50. The zero-order chi connectivity index (χ0) is 22.6. The van der Waals surface area contributed by atoms with Crippen molar-refractivity contribution in [2.24, 2.45) is 0 Å². The zero-order valence-electron chi connectivity index (χ0n) is 16.7. The van der Waals surface area contributed by atoms with Gasteiger partial charge in [-0.25, -0.2) is 0 Å². The minimum absolute atomic E-state index is 0.0152. The molecule has 0 fully saturated rings. The molecule has 10 heteroatoms. The number of anilines is 2. The van der Waals surface area contributed by atoms with E-state index in [1.807, 2.05) is 0 Å². The molecule has 0 saturated heterocycles. The van der Waals surface area contributed by atoms with Gasteiger partial charge in [-0.2, -0.15) is 13.2 Å². The fourth-order valence-corrected chi connectivity index (χ4v) is 3.45. The van der Waals surface area contributed by atoms with E-state index in [9.17, 15) is 22.8 Å². The molecule has 0 aliphatic carbocycles. The molecule has 1 aliphatic rings. The van der Waals surface area contributed by atoms with Crippen LogP contribution in [0.2, 0.25) is 5.02 Å². The smallest absolute Gasteiger partial charge is 0.409 e. The van der Waals surface area contributed by atoms with Gasteiger partial charge in [-0.05, 0) is 31.3 Å². The van der Waals surface area contributed by atoms with E-state index in [1.165, 1.54) is 18.2 Å². The Morgan fingerprint density at radius 1 is 1.23 bits per heavy atom. The van der Waals surface area contributed by atoms with Gasteiger partial charge >= 0.3 is 6.18 Å². The van der Waals surface area contributed by atoms with Crippen LogP contribution in [0.25, 0.3) is 0 Å². The minimum Gasteiger partial charge on any atom is -0.491 e. The number of nitrogens with zero attached hydrogens (tertiary/aromatic N) is 2. The summed E-state index contributed by atoms with van der Waals surface area (Å²) in [4.78, 5) is 27.2. The Hall–Kier alpha value is -2.78. The third-order valence-electron chi connectivity index (χ3n) is 4.75. The summed E-state index contributed by atoms with van der Waals surface area (Å²) in [5.41, 5.74) is 0.179. The van der Waals surface area contributed by atoms with Gasteiger partial charge in [0.25, 0.3) is 0 Å². The second-order valence-electron chi connectivity index (χ2n) is 7.11. The fourth-order valence-electron chi connectivity index (χ4n) is 3.26. The summed E-state index contributed by atoms with van der Waals surface area (Å²) in [6.45, 7) is 0.175. The number of hydrogen-bond donors (Lipinski definition) is 1. The Morgan fingerprint density at radius 2 is 1.90 bits per heavy atom. The van der Waals surface area contributed by atoms with Crippen molar-refractivity contribution >= 4 is 34.8 Å². The molecule has 1 heterocycles. The summed E-state index contributed by atoms with van der Waals surface area (Å²) in [6.07, 6.45) is -5.64. The SMILES string of the molecule is CN(CCOc1ccccc1Cl)CC(=O)N1c2ccccc2NC(=O)C[C@@H]1C(F)(F)F. The minimum atomic E-state index is -4.77. The van der Waals surface area contributed by atoms with E-state index in [4.69, 9.17) is 16.3 Å². The van der Waals surface area contributed by atoms with Crippen LogP contribution in [0.1, 0.15) is 6.42 Å². The summed E-state index contributed by atoms with van der Waals surface area (Å²) in [5, 5.41) is 2.88. The first-order valence-corrected chi connectivity index (χ1v) is 9.88. The van der Waals surface area contributed by atoms with Crippen LogP contribution in [0.5, 0.6) is 5.75 Å². The van der Waals surface area contributed by atoms with Crippen molar-refractivity contribution in [2.75, 3.05) is 37.0 Å². The second-order valence-corrected chi connectivity index (χ2v) is 7.51. The maximum absolute atomic E-state index is 13.7. The van der Waals surface area contributed by atoms with Gasteiger partial charge in [-0.15, -0.1) is 0 Å². The average molecular weight is 456 g/mol. The van der Waals surface area contributed by atoms with E-state index in [-0.39, 0.29) is 31.1 Å². The highest BCUT2D eigenvalue weighted by Gasteiger charge is 2.49. The lowest BCUT2D eigenvalue weighted by atomic mass is 10.1. The van der Waals surface area contributed by atoms with Crippen molar-refractivity contribution in [2.45, 2.75) is 18.6 Å². The lowest BCUT2D eigenvalue weighted by molar-refractivity contribution is -0.158. The third-order valence-corrected chi connectivity index (χ3v) is 5.06. The summed E-state index contributed by atoms with van der Waals surface area (Å²) < 4.78 is 46.8. The molecule has 1 atom stereocenters. The highest BCUT2D eigenvalue weighted by atomic mass is 35.5. The quantitative estimate of drug-likeness (QED) is 0.716. The molecular weight excluding hydrogens is 435 g/mol. The zero-order valence-corrected chi connectivity index (χ0v) is 17.4. The van der Waals surface area contributed by atoms with Crippen LogP contribution >= 0.6 is 11.6 Å². The molecule has 31 heavy (non-hydrogen) atoms. The Bertz CT molecular complexity index is 955. The number of fused-ring (bicyclic) bond motifs is 1. The summed E-state index contributed by atoms with van der Waals surface area (Å²) in [6, 6.07) is 10.6. The molecule has 2 amide bonds. The molecular formula is C21H21ClF3N3O3. The van der Waals surface area contributed by atoms with Crippen molar-refractivity contribution in [1.29, 1.82) is 0 Å². The number of carbonyl (C=O) groups excluding carboxylic acids is 2. The van der Waals surface area contributed by atoms with Crippen LogP contribution in [0.3, 0.4) is 0 Å². The maximum atomic E-state index is 13.7. The van der Waals surface area contributed by atoms with Crippen molar-refractivity contribution in [3.05, 3.63) is 53.6 Å². The number of benzene rings is 2. The number of hydrogen-bond acceptors (Lipinski definition) is 4. The molecule has 0 radical (unpaired) electrons. The summed E-state index contributed by atoms with van der Waals surface area (Å²) in [5.74, 6) is -1.09. The van der Waals surface area contributed by atoms with Crippen molar-refractivity contribution in [1.82, 2.24) is 4.90 Å². The van der Waals surface area contributed by atoms with Gasteiger partial charge in [0.2, 0.25) is 11.8 Å². The largest absolute Gasteiger partial charge is 0.491 e. The van der Waals surface area contributed by atoms with Crippen molar-refractivity contribution < 1.29 is 27.5 Å². The monoisotopic (exact) mass is 455 g/mol. The van der Waals surface area contributed by atoms with Gasteiger partial charge in [0.1, 0.15) is 18.4 Å². The molecule has 2 aromatic carbocycles. The molecule has 166 valence electrons. The molecule has 1 N–H and O–H groups in total. The van der Waals surface area contributed by atoms with Gasteiger partial charge in [0.05, 0.1) is 29.4 Å². The highest BCUT2D eigenvalue weighted by molar-refractivity contribution is 6.32. The number of halogens is 4. The van der Waals surface area contributed by atoms with Crippen LogP contribution in [0.4, 0.5) is 24.5 Å². The molecule has 2 aromatic rings. The maximum Gasteiger partial charge on any atom is 0.409 e. The standard InChI is InChI=1S/C21H21ClF3N3O3/c1-27(10-11-31-17-9-5-2-6-14(17)22)13-20(30)28-16-8-4-3-7-15(16)26-19(29)12-18(28)21(23,24)25/h2-9,18H,10-13H2,1H3,(H,26,29)/t18-/m1/s1. The average Bonchev–Trinajstić information content (AvgIpc) is 2.85. The number of ether oxygens (including phenoxy) is 1. The lowest BCUT2D eigenvalue weighted by Gasteiger charge is -2.32. The molecule has 1 aliphatic heterocycles. The van der Waals surface area contributed by atoms with Crippen LogP contribution in [-0.4, -0.2) is 55.7 Å². The van der Waals surface area contributed by atoms with Gasteiger partial charge in [0.15, 0.2) is 0 Å². The van der Waals surface area contributed by atoms with Crippen LogP contribution in [0, 0.1) is 0 Å². The molecule has 0 saturated carbocycles. The van der Waals surface area contributed by atoms with E-state index in [0.717, 1.165) is 0 Å². The highest BCUT2D eigenvalue weighted by Crippen LogP contribution is 2.37. The number of rotatable bonds is 6. The predicted molar refractivity (Wildman–Crippen MR) is 111 cm³/mol. The molecule has 0 bridgehead atoms. The Kier molecular flexibility index (Phi) is 7.07.